The molecule has 0 spiro atoms. The monoisotopic (exact) mass is 341 g/mol. The maximum absolute atomic E-state index is 6.24. The zero-order chi connectivity index (χ0) is 18.6. The highest BCUT2D eigenvalue weighted by molar-refractivity contribution is 5.51. The minimum absolute atomic E-state index is 0.642. The lowest BCUT2D eigenvalue weighted by Crippen LogP contribution is -2.05. The Bertz CT molecular complexity index is 727. The van der Waals surface area contributed by atoms with Crippen molar-refractivity contribution in [2.24, 2.45) is 0 Å². The summed E-state index contributed by atoms with van der Waals surface area (Å²) in [6.45, 7) is 15.3. The van der Waals surface area contributed by atoms with Crippen molar-refractivity contribution in [2.75, 3.05) is 6.61 Å². The van der Waals surface area contributed by atoms with E-state index in [2.05, 4.69) is 51.7 Å². The molecule has 2 rings (SSSR count). The smallest absolute Gasteiger partial charge is 0.226 e. The van der Waals surface area contributed by atoms with Gasteiger partial charge in [0.25, 0.3) is 0 Å². The second-order valence-corrected chi connectivity index (χ2v) is 6.97. The van der Waals surface area contributed by atoms with E-state index < -0.39 is 0 Å². The number of unbranched alkanes of at least 4 members (excludes halogenated alkanes) is 2. The predicted octanol–water partition coefficient (Wildman–Crippen LogP) is 6.29. The van der Waals surface area contributed by atoms with Gasteiger partial charge in [-0.1, -0.05) is 37.5 Å². The first-order chi connectivity index (χ1) is 11.8. The van der Waals surface area contributed by atoms with E-state index in [1.165, 1.54) is 18.4 Å². The van der Waals surface area contributed by atoms with Crippen molar-refractivity contribution < 1.29 is 9.47 Å². The number of benzene rings is 1. The number of pyridine rings is 1. The van der Waals surface area contributed by atoms with Crippen LogP contribution in [-0.4, -0.2) is 11.6 Å². The molecule has 0 fully saturated rings. The third-order valence-corrected chi connectivity index (χ3v) is 4.61. The molecular formula is C22H31NO2. The zero-order valence-corrected chi connectivity index (χ0v) is 16.7. The summed E-state index contributed by atoms with van der Waals surface area (Å²) in [5.41, 5.74) is 6.52. The zero-order valence-electron chi connectivity index (χ0n) is 16.7. The molecule has 0 unspecified atom stereocenters. The molecule has 1 aromatic carbocycles. The van der Waals surface area contributed by atoms with Crippen molar-refractivity contribution in [3.8, 4) is 17.4 Å². The summed E-state index contributed by atoms with van der Waals surface area (Å²) in [4.78, 5) is 4.68. The molecule has 0 amide bonds. The third-order valence-electron chi connectivity index (χ3n) is 4.61. The third kappa shape index (κ3) is 4.53. The molecule has 3 nitrogen and oxygen atoms in total. The molecule has 0 saturated carbocycles. The number of aromatic nitrogens is 1. The quantitative estimate of drug-likeness (QED) is 0.554. The average molecular weight is 341 g/mol. The topological polar surface area (TPSA) is 31.4 Å². The van der Waals surface area contributed by atoms with Crippen LogP contribution in [-0.2, 0) is 0 Å². The van der Waals surface area contributed by atoms with Gasteiger partial charge in [-0.3, -0.25) is 0 Å². The fourth-order valence-electron chi connectivity index (χ4n) is 3.13. The van der Waals surface area contributed by atoms with Crippen molar-refractivity contribution >= 4 is 0 Å². The largest absolute Gasteiger partial charge is 0.493 e. The first kappa shape index (κ1) is 19.3. The number of nitrogens with zero attached hydrogens (tertiary/aromatic N) is 1. The van der Waals surface area contributed by atoms with Gasteiger partial charge in [0.2, 0.25) is 5.88 Å². The summed E-state index contributed by atoms with van der Waals surface area (Å²) in [5, 5.41) is 0. The Morgan fingerprint density at radius 3 is 2.08 bits per heavy atom. The number of aryl methyl sites for hydroxylation is 4. The number of rotatable bonds is 7. The lowest BCUT2D eigenvalue weighted by Gasteiger charge is -2.18. The van der Waals surface area contributed by atoms with Crippen LogP contribution in [0.15, 0.2) is 12.1 Å². The molecular weight excluding hydrogens is 310 g/mol. The highest BCUT2D eigenvalue weighted by Crippen LogP contribution is 2.36. The molecule has 1 aromatic heterocycles. The van der Waals surface area contributed by atoms with E-state index in [0.717, 1.165) is 52.5 Å². The summed E-state index contributed by atoms with van der Waals surface area (Å²) in [5.74, 6) is 2.45. The molecule has 0 aliphatic heterocycles. The minimum atomic E-state index is 0.642. The first-order valence-electron chi connectivity index (χ1n) is 9.21. The van der Waals surface area contributed by atoms with E-state index >= 15 is 0 Å². The van der Waals surface area contributed by atoms with Gasteiger partial charge in [0.05, 0.1) is 12.2 Å². The van der Waals surface area contributed by atoms with Crippen LogP contribution in [0.1, 0.15) is 59.7 Å². The van der Waals surface area contributed by atoms with E-state index in [0.29, 0.717) is 5.88 Å². The van der Waals surface area contributed by atoms with Gasteiger partial charge >= 0.3 is 0 Å². The van der Waals surface area contributed by atoms with Crippen LogP contribution >= 0.6 is 0 Å². The fourth-order valence-corrected chi connectivity index (χ4v) is 3.13. The number of ether oxygens (including phenoxy) is 2. The van der Waals surface area contributed by atoms with E-state index in [1.54, 1.807) is 0 Å². The second-order valence-electron chi connectivity index (χ2n) is 6.97. The molecule has 0 radical (unpaired) electrons. The molecule has 136 valence electrons. The van der Waals surface area contributed by atoms with Gasteiger partial charge in [0.15, 0.2) is 0 Å². The Kier molecular flexibility index (Phi) is 6.46. The van der Waals surface area contributed by atoms with Crippen LogP contribution in [0.2, 0.25) is 0 Å². The lowest BCUT2D eigenvalue weighted by atomic mass is 10.1. The van der Waals surface area contributed by atoms with Crippen LogP contribution in [0, 0.1) is 41.5 Å². The highest BCUT2D eigenvalue weighted by Gasteiger charge is 2.17. The summed E-state index contributed by atoms with van der Waals surface area (Å²) in [7, 11) is 0. The van der Waals surface area contributed by atoms with Crippen LogP contribution in [0.5, 0.6) is 17.4 Å². The standard InChI is InChI=1S/C22H31NO2/c1-8-9-10-11-24-21-17(5)19(7)23-22(18(21)6)25-20-15(3)12-14(2)13-16(20)4/h12-13H,8-11H2,1-7H3. The van der Waals surface area contributed by atoms with Gasteiger partial charge in [-0.2, -0.15) is 0 Å². The molecule has 0 aliphatic rings. The van der Waals surface area contributed by atoms with Gasteiger partial charge in [-0.05, 0) is 59.1 Å². The van der Waals surface area contributed by atoms with Crippen LogP contribution in [0.25, 0.3) is 0 Å². The van der Waals surface area contributed by atoms with Gasteiger partial charge in [0.1, 0.15) is 11.5 Å². The maximum atomic E-state index is 6.24. The highest BCUT2D eigenvalue weighted by atomic mass is 16.5. The summed E-state index contributed by atoms with van der Waals surface area (Å²) < 4.78 is 12.3. The molecule has 2 aromatic rings. The summed E-state index contributed by atoms with van der Waals surface area (Å²) in [6, 6.07) is 4.28. The Morgan fingerprint density at radius 1 is 0.840 bits per heavy atom. The van der Waals surface area contributed by atoms with Crippen LogP contribution in [0.3, 0.4) is 0 Å². The van der Waals surface area contributed by atoms with E-state index in [1.807, 2.05) is 13.8 Å². The second kappa shape index (κ2) is 8.37. The van der Waals surface area contributed by atoms with E-state index in [9.17, 15) is 0 Å². The van der Waals surface area contributed by atoms with Crippen molar-refractivity contribution in [3.05, 3.63) is 45.6 Å². The van der Waals surface area contributed by atoms with Gasteiger partial charge in [0, 0.05) is 11.3 Å². The van der Waals surface area contributed by atoms with Gasteiger partial charge in [-0.25, -0.2) is 4.98 Å². The number of hydrogen-bond donors (Lipinski definition) is 0. The normalized spacial score (nSPS) is 10.8. The average Bonchev–Trinajstić information content (AvgIpc) is 2.54. The number of hydrogen-bond acceptors (Lipinski definition) is 3. The fraction of sp³-hybridized carbons (Fsp3) is 0.500. The Balaban J connectivity index is 2.34. The predicted molar refractivity (Wildman–Crippen MR) is 104 cm³/mol. The van der Waals surface area contributed by atoms with Crippen molar-refractivity contribution in [1.29, 1.82) is 0 Å². The van der Waals surface area contributed by atoms with Crippen molar-refractivity contribution in [3.63, 3.8) is 0 Å². The molecule has 25 heavy (non-hydrogen) atoms. The molecule has 0 aliphatic carbocycles. The van der Waals surface area contributed by atoms with Gasteiger partial charge < -0.3 is 9.47 Å². The Morgan fingerprint density at radius 2 is 1.48 bits per heavy atom. The lowest BCUT2D eigenvalue weighted by molar-refractivity contribution is 0.299. The summed E-state index contributed by atoms with van der Waals surface area (Å²) in [6.07, 6.45) is 3.45. The minimum Gasteiger partial charge on any atom is -0.493 e. The molecule has 0 saturated heterocycles. The van der Waals surface area contributed by atoms with Crippen LogP contribution < -0.4 is 9.47 Å². The van der Waals surface area contributed by atoms with Gasteiger partial charge in [-0.15, -0.1) is 0 Å². The SMILES string of the molecule is CCCCCOc1c(C)c(C)nc(Oc2c(C)cc(C)cc2C)c1C. The van der Waals surface area contributed by atoms with E-state index in [-0.39, 0.29) is 0 Å². The molecule has 0 bridgehead atoms. The first-order valence-corrected chi connectivity index (χ1v) is 9.21. The maximum Gasteiger partial charge on any atom is 0.226 e. The molecule has 0 N–H and O–H groups in total. The molecule has 0 atom stereocenters. The van der Waals surface area contributed by atoms with E-state index in [4.69, 9.17) is 9.47 Å². The van der Waals surface area contributed by atoms with Crippen LogP contribution in [0.4, 0.5) is 0 Å². The molecule has 3 heteroatoms. The molecule has 1 heterocycles. The van der Waals surface area contributed by atoms with Crippen molar-refractivity contribution in [2.45, 2.75) is 67.7 Å². The Labute approximate surface area is 152 Å². The Hall–Kier alpha value is -2.03. The summed E-state index contributed by atoms with van der Waals surface area (Å²) >= 11 is 0. The van der Waals surface area contributed by atoms with Crippen molar-refractivity contribution in [1.82, 2.24) is 4.98 Å².